The van der Waals surface area contributed by atoms with Crippen molar-refractivity contribution in [3.05, 3.63) is 69.6 Å². The number of nitrogens with one attached hydrogen (secondary N) is 4. The first kappa shape index (κ1) is 26.1. The van der Waals surface area contributed by atoms with Crippen molar-refractivity contribution in [1.29, 1.82) is 0 Å². The lowest BCUT2D eigenvalue weighted by Gasteiger charge is -2.25. The Bertz CT molecular complexity index is 1470. The number of rotatable bonds is 7. The number of halogens is 2. The van der Waals surface area contributed by atoms with Gasteiger partial charge in [0.05, 0.1) is 39.2 Å². The number of pyridine rings is 2. The van der Waals surface area contributed by atoms with Crippen molar-refractivity contribution in [3.63, 3.8) is 0 Å². The molecule has 7 nitrogen and oxygen atoms in total. The van der Waals surface area contributed by atoms with E-state index in [1.54, 1.807) is 12.3 Å². The predicted octanol–water partition coefficient (Wildman–Crippen LogP) is 6.04. The van der Waals surface area contributed by atoms with Gasteiger partial charge >= 0.3 is 0 Å². The second-order valence-electron chi connectivity index (χ2n) is 11.2. The van der Waals surface area contributed by atoms with Gasteiger partial charge in [-0.1, -0.05) is 44.4 Å². The highest BCUT2D eigenvalue weighted by Gasteiger charge is 2.36. The summed E-state index contributed by atoms with van der Waals surface area (Å²) in [6.45, 7) is 11.1. The fourth-order valence-electron chi connectivity index (χ4n) is 4.72. The molecule has 1 fully saturated rings. The summed E-state index contributed by atoms with van der Waals surface area (Å²) in [5.41, 5.74) is 13.1. The first-order chi connectivity index (χ1) is 18.1. The zero-order valence-corrected chi connectivity index (χ0v) is 23.1. The van der Waals surface area contributed by atoms with E-state index in [4.69, 9.17) is 18.0 Å². The van der Waals surface area contributed by atoms with Gasteiger partial charge in [0.1, 0.15) is 0 Å². The first-order valence-corrected chi connectivity index (χ1v) is 13.2. The van der Waals surface area contributed by atoms with Gasteiger partial charge in [-0.2, -0.15) is 4.39 Å². The average Bonchev–Trinajstić information content (AvgIpc) is 3.62. The van der Waals surface area contributed by atoms with E-state index in [2.05, 4.69) is 70.2 Å². The summed E-state index contributed by atoms with van der Waals surface area (Å²) in [4.78, 5) is 8.64. The van der Waals surface area contributed by atoms with Gasteiger partial charge in [0.2, 0.25) is 5.95 Å². The van der Waals surface area contributed by atoms with Crippen molar-refractivity contribution >= 4 is 33.9 Å². The van der Waals surface area contributed by atoms with Crippen LogP contribution >= 0.6 is 11.6 Å². The molecule has 1 atom stereocenters. The summed E-state index contributed by atoms with van der Waals surface area (Å²) < 4.78 is 13.9. The van der Waals surface area contributed by atoms with Crippen molar-refractivity contribution in [3.8, 4) is 12.3 Å². The van der Waals surface area contributed by atoms with E-state index >= 15 is 0 Å². The van der Waals surface area contributed by atoms with Crippen LogP contribution in [0.3, 0.4) is 0 Å². The number of terminal acetylenes is 1. The molecule has 1 aliphatic carbocycles. The van der Waals surface area contributed by atoms with E-state index in [0.717, 1.165) is 53.1 Å². The highest BCUT2D eigenvalue weighted by molar-refractivity contribution is 6.35. The van der Waals surface area contributed by atoms with Crippen LogP contribution in [0.25, 0.3) is 10.9 Å². The van der Waals surface area contributed by atoms with Crippen LogP contribution < -0.4 is 21.6 Å². The Morgan fingerprint density at radius 2 is 2.03 bits per heavy atom. The Kier molecular flexibility index (Phi) is 6.84. The number of benzene rings is 1. The molecule has 1 aliphatic heterocycles. The number of fused-ring (bicyclic) bond motifs is 1. The number of allylic oxidation sites excluding steroid dienone is 1. The third kappa shape index (κ3) is 5.22. The van der Waals surface area contributed by atoms with Gasteiger partial charge in [-0.05, 0) is 50.3 Å². The van der Waals surface area contributed by atoms with Crippen molar-refractivity contribution in [2.75, 3.05) is 17.2 Å². The normalized spacial score (nSPS) is 16.4. The van der Waals surface area contributed by atoms with Gasteiger partial charge in [0.15, 0.2) is 0 Å². The average molecular weight is 534 g/mol. The molecule has 38 heavy (non-hydrogen) atoms. The molecule has 0 amide bonds. The highest BCUT2D eigenvalue weighted by Crippen LogP contribution is 2.38. The minimum absolute atomic E-state index is 0.0396. The molecule has 198 valence electrons. The van der Waals surface area contributed by atoms with E-state index in [-0.39, 0.29) is 11.5 Å². The fourth-order valence-corrected chi connectivity index (χ4v) is 4.99. The third-order valence-electron chi connectivity index (χ3n) is 6.85. The number of hydrogen-bond acceptors (Lipinski definition) is 7. The number of aryl methyl sites for hydroxylation is 1. The molecular weight excluding hydrogens is 501 g/mol. The van der Waals surface area contributed by atoms with Gasteiger partial charge in [-0.3, -0.25) is 9.99 Å². The Hall–Kier alpha value is -3.54. The van der Waals surface area contributed by atoms with Crippen molar-refractivity contribution in [2.24, 2.45) is 5.41 Å². The highest BCUT2D eigenvalue weighted by atomic mass is 35.5. The van der Waals surface area contributed by atoms with E-state index in [9.17, 15) is 4.39 Å². The van der Waals surface area contributed by atoms with Crippen molar-refractivity contribution < 1.29 is 4.39 Å². The monoisotopic (exact) mass is 533 g/mol. The number of hydrazine groups is 2. The summed E-state index contributed by atoms with van der Waals surface area (Å²) in [6.07, 6.45) is 9.80. The Morgan fingerprint density at radius 3 is 2.68 bits per heavy atom. The Labute approximate surface area is 228 Å². The zero-order valence-electron chi connectivity index (χ0n) is 22.3. The molecule has 3 heterocycles. The maximum absolute atomic E-state index is 13.9. The van der Waals surface area contributed by atoms with Crippen LogP contribution in [-0.4, -0.2) is 27.6 Å². The van der Waals surface area contributed by atoms with Crippen LogP contribution in [0.1, 0.15) is 63.4 Å². The zero-order chi connectivity index (χ0) is 27.2. The van der Waals surface area contributed by atoms with Crippen molar-refractivity contribution in [1.82, 2.24) is 25.9 Å². The largest absolute Gasteiger partial charge is 0.383 e. The fraction of sp³-hybridized carbons (Fsp3) is 0.379. The van der Waals surface area contributed by atoms with Crippen LogP contribution in [0.4, 0.5) is 15.8 Å². The molecule has 2 aromatic heterocycles. The lowest BCUT2D eigenvalue weighted by molar-refractivity contribution is 0.241. The summed E-state index contributed by atoms with van der Waals surface area (Å²) in [5.74, 6) is 2.24. The lowest BCUT2D eigenvalue weighted by atomic mass is 9.96. The van der Waals surface area contributed by atoms with Crippen LogP contribution in [0.15, 0.2) is 41.9 Å². The molecule has 0 spiro atoms. The van der Waals surface area contributed by atoms with Crippen LogP contribution in [0, 0.1) is 30.6 Å². The second-order valence-corrected chi connectivity index (χ2v) is 11.6. The minimum atomic E-state index is -0.510. The molecule has 0 saturated heterocycles. The Balaban J connectivity index is 1.60. The first-order valence-electron chi connectivity index (χ1n) is 12.8. The lowest BCUT2D eigenvalue weighted by Crippen LogP contribution is -2.39. The smallest absolute Gasteiger partial charge is 0.213 e. The number of anilines is 2. The maximum atomic E-state index is 13.9. The van der Waals surface area contributed by atoms with Crippen molar-refractivity contribution in [2.45, 2.75) is 59.5 Å². The molecule has 3 aromatic rings. The second kappa shape index (κ2) is 9.97. The quantitative estimate of drug-likeness (QED) is 0.218. The standard InChI is InChI=1S/C29H33ClFN7/c1-7-18-14-32-27-22(26(18)33-15-29(4,5)6)12-19(13-23(27)30)35-28(21-10-11-24(31)34-16(21)2)25-17(3)38(37-36-25)20-8-9-20/h1,10-14,20,28,35-37H,8-9,15H2,2-6H3,(H,32,33)/t28-/m0/s1. The molecule has 0 bridgehead atoms. The number of nitrogens with zero attached hydrogens (tertiary/aromatic N) is 3. The van der Waals surface area contributed by atoms with Gasteiger partial charge in [0, 0.05) is 41.1 Å². The summed E-state index contributed by atoms with van der Waals surface area (Å²) in [7, 11) is 0. The molecular formula is C29H33ClFN7. The number of hydrogen-bond donors (Lipinski definition) is 4. The summed E-state index contributed by atoms with van der Waals surface area (Å²) >= 11 is 6.77. The Morgan fingerprint density at radius 1 is 1.26 bits per heavy atom. The van der Waals surface area contributed by atoms with E-state index in [0.29, 0.717) is 27.8 Å². The molecule has 2 aliphatic rings. The van der Waals surface area contributed by atoms with Crippen LogP contribution in [0.5, 0.6) is 0 Å². The van der Waals surface area contributed by atoms with Gasteiger partial charge < -0.3 is 16.1 Å². The van der Waals surface area contributed by atoms with Crippen LogP contribution in [0.2, 0.25) is 5.02 Å². The molecule has 4 N–H and O–H groups in total. The minimum Gasteiger partial charge on any atom is -0.383 e. The SMILES string of the molecule is C#Cc1cnc2c(Cl)cc(N[C@H](C3=C(C)N(C4CC4)NN3)c3ccc(F)nc3C)cc2c1NCC(C)(C)C. The van der Waals surface area contributed by atoms with Gasteiger partial charge in [-0.15, -0.1) is 12.0 Å². The predicted molar refractivity (Wildman–Crippen MR) is 152 cm³/mol. The molecule has 1 saturated carbocycles. The van der Waals surface area contributed by atoms with E-state index < -0.39 is 5.95 Å². The topological polar surface area (TPSA) is 77.1 Å². The van der Waals surface area contributed by atoms with E-state index in [1.807, 2.05) is 19.1 Å². The molecule has 0 radical (unpaired) electrons. The molecule has 0 unspecified atom stereocenters. The van der Waals surface area contributed by atoms with E-state index in [1.165, 1.54) is 6.07 Å². The molecule has 1 aromatic carbocycles. The maximum Gasteiger partial charge on any atom is 0.213 e. The molecule has 9 heteroatoms. The van der Waals surface area contributed by atoms with Gasteiger partial charge in [0.25, 0.3) is 0 Å². The molecule has 5 rings (SSSR count). The number of aromatic nitrogens is 2. The van der Waals surface area contributed by atoms with Gasteiger partial charge in [-0.25, -0.2) is 4.98 Å². The third-order valence-corrected chi connectivity index (χ3v) is 7.14. The summed E-state index contributed by atoms with van der Waals surface area (Å²) in [6, 6.07) is 7.15. The van der Waals surface area contributed by atoms with Crippen LogP contribution in [-0.2, 0) is 0 Å². The summed E-state index contributed by atoms with van der Waals surface area (Å²) in [5, 5.41) is 10.7.